The lowest BCUT2D eigenvalue weighted by atomic mass is 9.86. The molecule has 0 saturated heterocycles. The highest BCUT2D eigenvalue weighted by molar-refractivity contribution is 4.79. The van der Waals surface area contributed by atoms with Gasteiger partial charge >= 0.3 is 0 Å². The molecule has 32 heavy (non-hydrogen) atoms. The van der Waals surface area contributed by atoms with Gasteiger partial charge in [0.05, 0.1) is 17.7 Å². The third-order valence-electron chi connectivity index (χ3n) is 6.47. The molecule has 0 aromatic carbocycles. The van der Waals surface area contributed by atoms with Crippen LogP contribution in [-0.4, -0.2) is 65.3 Å². The third-order valence-corrected chi connectivity index (χ3v) is 6.47. The summed E-state index contributed by atoms with van der Waals surface area (Å²) in [6.07, 6.45) is 8.72. The summed E-state index contributed by atoms with van der Waals surface area (Å²) in [5.41, 5.74) is -0.567. The van der Waals surface area contributed by atoms with E-state index in [0.717, 1.165) is 32.1 Å². The van der Waals surface area contributed by atoms with E-state index in [1.807, 2.05) is 20.8 Å². The van der Waals surface area contributed by atoms with Crippen LogP contribution in [0.15, 0.2) is 0 Å². The van der Waals surface area contributed by atoms with Gasteiger partial charge in [0.15, 0.2) is 6.29 Å². The first kappa shape index (κ1) is 27.9. The molecule has 0 heterocycles. The molecule has 0 spiro atoms. The lowest BCUT2D eigenvalue weighted by Crippen LogP contribution is -2.57. The van der Waals surface area contributed by atoms with Crippen LogP contribution in [-0.2, 0) is 14.2 Å². The average Bonchev–Trinajstić information content (AvgIpc) is 2.72. The average molecular weight is 461 g/mol. The molecular formula is C24H48N2O6. The Kier molecular flexibility index (Phi) is 12.4. The fraction of sp³-hybridized carbons (Fsp3) is 1.00. The predicted molar refractivity (Wildman–Crippen MR) is 123 cm³/mol. The molecule has 0 aromatic rings. The monoisotopic (exact) mass is 460 g/mol. The normalized spacial score (nSPS) is 24.1. The summed E-state index contributed by atoms with van der Waals surface area (Å²) in [6, 6.07) is -0.699. The lowest BCUT2D eigenvalue weighted by Gasteiger charge is -2.35. The van der Waals surface area contributed by atoms with Crippen molar-refractivity contribution in [2.75, 3.05) is 7.11 Å². The van der Waals surface area contributed by atoms with Crippen LogP contribution in [0, 0.1) is 5.92 Å². The van der Waals surface area contributed by atoms with Crippen molar-refractivity contribution in [3.63, 3.8) is 0 Å². The standard InChI is InChI=1S/C24H48N2O6/c1-24(2,3)32-23(29)25-19(16-21(27)31-18-13-9-6-10-14-18)22(28)26-20(30-4)15-17-11-7-5-8-12-17/h17-23,25-29H,5-16H2,1-4H3/t19-,20-,21?,22?,23?/m1/s1. The number of methoxy groups -OCH3 is 1. The highest BCUT2D eigenvalue weighted by Gasteiger charge is 2.30. The van der Waals surface area contributed by atoms with Crippen molar-refractivity contribution in [2.45, 2.75) is 141 Å². The summed E-state index contributed by atoms with van der Waals surface area (Å²) >= 11 is 0. The van der Waals surface area contributed by atoms with Crippen molar-refractivity contribution in [1.29, 1.82) is 0 Å². The zero-order chi connectivity index (χ0) is 23.6. The van der Waals surface area contributed by atoms with Crippen molar-refractivity contribution in [3.8, 4) is 0 Å². The summed E-state index contributed by atoms with van der Waals surface area (Å²) < 4.78 is 17.0. The molecule has 0 aliphatic heterocycles. The van der Waals surface area contributed by atoms with Crippen LogP contribution in [0.1, 0.15) is 97.8 Å². The Hall–Kier alpha value is -0.320. The molecule has 0 bridgehead atoms. The zero-order valence-corrected chi connectivity index (χ0v) is 20.6. The van der Waals surface area contributed by atoms with E-state index in [1.54, 1.807) is 7.11 Å². The van der Waals surface area contributed by atoms with Gasteiger partial charge in [-0.15, -0.1) is 0 Å². The second kappa shape index (κ2) is 14.2. The van der Waals surface area contributed by atoms with E-state index < -0.39 is 30.6 Å². The molecule has 0 amide bonds. The molecule has 2 saturated carbocycles. The molecule has 0 aromatic heterocycles. The number of ether oxygens (including phenoxy) is 3. The maximum atomic E-state index is 11.0. The van der Waals surface area contributed by atoms with Gasteiger partial charge in [-0.1, -0.05) is 51.4 Å². The molecule has 8 heteroatoms. The van der Waals surface area contributed by atoms with Gasteiger partial charge in [0.2, 0.25) is 6.41 Å². The highest BCUT2D eigenvalue weighted by Crippen LogP contribution is 2.28. The van der Waals surface area contributed by atoms with E-state index in [2.05, 4.69) is 10.6 Å². The lowest BCUT2D eigenvalue weighted by molar-refractivity contribution is -0.200. The smallest absolute Gasteiger partial charge is 0.214 e. The summed E-state index contributed by atoms with van der Waals surface area (Å²) in [6.45, 7) is 5.52. The number of aliphatic hydroxyl groups excluding tert-OH is 3. The minimum Gasteiger partial charge on any atom is -0.377 e. The number of hydrogen-bond acceptors (Lipinski definition) is 8. The minimum absolute atomic E-state index is 0.0401. The molecule has 5 N–H and O–H groups in total. The van der Waals surface area contributed by atoms with Crippen LogP contribution < -0.4 is 10.6 Å². The Morgan fingerprint density at radius 3 is 2.03 bits per heavy atom. The number of nitrogens with one attached hydrogen (secondary N) is 2. The van der Waals surface area contributed by atoms with Crippen LogP contribution >= 0.6 is 0 Å². The molecule has 2 aliphatic rings. The van der Waals surface area contributed by atoms with E-state index >= 15 is 0 Å². The minimum atomic E-state index is -1.29. The van der Waals surface area contributed by atoms with Crippen molar-refractivity contribution in [1.82, 2.24) is 10.6 Å². The Balaban J connectivity index is 1.94. The maximum absolute atomic E-state index is 11.0. The zero-order valence-electron chi connectivity index (χ0n) is 20.6. The number of aliphatic hydroxyl groups is 3. The fourth-order valence-corrected chi connectivity index (χ4v) is 4.80. The van der Waals surface area contributed by atoms with Crippen molar-refractivity contribution in [3.05, 3.63) is 0 Å². The maximum Gasteiger partial charge on any atom is 0.214 e. The molecule has 5 atom stereocenters. The first-order valence-corrected chi connectivity index (χ1v) is 12.6. The van der Waals surface area contributed by atoms with E-state index in [-0.39, 0.29) is 18.8 Å². The third kappa shape index (κ3) is 11.2. The van der Waals surface area contributed by atoms with Crippen molar-refractivity contribution >= 4 is 0 Å². The van der Waals surface area contributed by atoms with Gasteiger partial charge in [-0.2, -0.15) is 0 Å². The van der Waals surface area contributed by atoms with Gasteiger partial charge in [0.1, 0.15) is 12.5 Å². The van der Waals surface area contributed by atoms with E-state index in [1.165, 1.54) is 38.5 Å². The first-order valence-electron chi connectivity index (χ1n) is 12.6. The van der Waals surface area contributed by atoms with Crippen molar-refractivity contribution < 1.29 is 29.5 Å². The molecule has 2 fully saturated rings. The Morgan fingerprint density at radius 2 is 1.47 bits per heavy atom. The fourth-order valence-electron chi connectivity index (χ4n) is 4.80. The Bertz CT molecular complexity index is 491. The van der Waals surface area contributed by atoms with E-state index in [9.17, 15) is 15.3 Å². The predicted octanol–water partition coefficient (Wildman–Crippen LogP) is 2.94. The van der Waals surface area contributed by atoms with E-state index in [0.29, 0.717) is 5.92 Å². The van der Waals surface area contributed by atoms with Gasteiger partial charge in [-0.05, 0) is 46.0 Å². The SMILES string of the molecule is CO[C@H](CC1CCCCC1)NC(O)[C@@H](CC(O)OC1CCCCC1)NC(O)OC(C)(C)C. The van der Waals surface area contributed by atoms with Gasteiger partial charge in [-0.3, -0.25) is 10.6 Å². The van der Waals surface area contributed by atoms with Gasteiger partial charge < -0.3 is 29.5 Å². The molecular weight excluding hydrogens is 412 g/mol. The van der Waals surface area contributed by atoms with Crippen molar-refractivity contribution in [2.24, 2.45) is 5.92 Å². The second-order valence-electron chi connectivity index (χ2n) is 10.5. The summed E-state index contributed by atoms with van der Waals surface area (Å²) in [7, 11) is 1.63. The highest BCUT2D eigenvalue weighted by atomic mass is 16.6. The van der Waals surface area contributed by atoms with Gasteiger partial charge in [0, 0.05) is 13.5 Å². The van der Waals surface area contributed by atoms with Crippen LogP contribution in [0.2, 0.25) is 0 Å². The van der Waals surface area contributed by atoms with Crippen LogP contribution in [0.25, 0.3) is 0 Å². The summed E-state index contributed by atoms with van der Waals surface area (Å²) in [4.78, 5) is 0. The first-order chi connectivity index (χ1) is 15.2. The number of hydrogen-bond donors (Lipinski definition) is 5. The van der Waals surface area contributed by atoms with Crippen LogP contribution in [0.5, 0.6) is 0 Å². The number of rotatable bonds is 13. The van der Waals surface area contributed by atoms with Crippen LogP contribution in [0.3, 0.4) is 0 Å². The second-order valence-corrected chi connectivity index (χ2v) is 10.5. The molecule has 2 aliphatic carbocycles. The molecule has 3 unspecified atom stereocenters. The topological polar surface area (TPSA) is 112 Å². The van der Waals surface area contributed by atoms with Gasteiger partial charge in [0.25, 0.3) is 0 Å². The molecule has 0 radical (unpaired) electrons. The molecule has 8 nitrogen and oxygen atoms in total. The summed E-state index contributed by atoms with van der Waals surface area (Å²) in [5, 5.41) is 37.9. The van der Waals surface area contributed by atoms with Gasteiger partial charge in [-0.25, -0.2) is 0 Å². The molecule has 2 rings (SSSR count). The van der Waals surface area contributed by atoms with Crippen LogP contribution in [0.4, 0.5) is 0 Å². The Labute approximate surface area is 194 Å². The molecule has 190 valence electrons. The quantitative estimate of drug-likeness (QED) is 0.267. The Morgan fingerprint density at radius 1 is 0.875 bits per heavy atom. The van der Waals surface area contributed by atoms with E-state index in [4.69, 9.17) is 14.2 Å². The largest absolute Gasteiger partial charge is 0.377 e. The summed E-state index contributed by atoms with van der Waals surface area (Å²) in [5.74, 6) is 0.579.